The van der Waals surface area contributed by atoms with Crippen LogP contribution in [0.15, 0.2) is 35.9 Å². The van der Waals surface area contributed by atoms with E-state index in [-0.39, 0.29) is 6.61 Å². The van der Waals surface area contributed by atoms with Gasteiger partial charge in [0.2, 0.25) is 0 Å². The van der Waals surface area contributed by atoms with E-state index in [1.807, 2.05) is 24.3 Å². The van der Waals surface area contributed by atoms with Crippen LogP contribution in [0.1, 0.15) is 32.3 Å². The van der Waals surface area contributed by atoms with Crippen LogP contribution >= 0.6 is 0 Å². The lowest BCUT2D eigenvalue weighted by Crippen LogP contribution is -2.20. The summed E-state index contributed by atoms with van der Waals surface area (Å²) < 4.78 is 0. The van der Waals surface area contributed by atoms with E-state index >= 15 is 0 Å². The molecule has 1 aromatic rings. The van der Waals surface area contributed by atoms with Gasteiger partial charge in [0.05, 0.1) is 6.61 Å². The van der Waals surface area contributed by atoms with Gasteiger partial charge in [-0.3, -0.25) is 0 Å². The molecule has 0 aromatic heterocycles. The van der Waals surface area contributed by atoms with Crippen LogP contribution in [-0.2, 0) is 6.61 Å². The molecule has 2 unspecified atom stereocenters. The van der Waals surface area contributed by atoms with E-state index in [1.54, 1.807) is 0 Å². The van der Waals surface area contributed by atoms with Gasteiger partial charge in [-0.05, 0) is 37.7 Å². The number of para-hydroxylation sites is 1. The topological polar surface area (TPSA) is 32.3 Å². The lowest BCUT2D eigenvalue weighted by molar-refractivity contribution is 0.282. The van der Waals surface area contributed by atoms with Gasteiger partial charge >= 0.3 is 0 Å². The third kappa shape index (κ3) is 3.36. The fraction of sp³-hybridized carbons (Fsp3) is 0.500. The van der Waals surface area contributed by atoms with Crippen molar-refractivity contribution in [3.8, 4) is 0 Å². The molecule has 0 radical (unpaired) electrons. The fourth-order valence-electron chi connectivity index (χ4n) is 2.93. The molecule has 1 aliphatic carbocycles. The lowest BCUT2D eigenvalue weighted by atomic mass is 9.83. The predicted octanol–water partition coefficient (Wildman–Crippen LogP) is 3.58. The Morgan fingerprint density at radius 2 is 2.11 bits per heavy atom. The molecule has 2 rings (SSSR count). The highest BCUT2D eigenvalue weighted by Crippen LogP contribution is 2.28. The minimum absolute atomic E-state index is 0.100. The Kier molecular flexibility index (Phi) is 4.43. The average molecular weight is 245 g/mol. The molecule has 0 aliphatic heterocycles. The minimum atomic E-state index is 0.100. The lowest BCUT2D eigenvalue weighted by Gasteiger charge is -2.26. The van der Waals surface area contributed by atoms with Gasteiger partial charge in [0.25, 0.3) is 0 Å². The number of anilines is 1. The Bertz CT molecular complexity index is 425. The number of aliphatic hydroxyl groups is 1. The summed E-state index contributed by atoms with van der Waals surface area (Å²) in [6, 6.07) is 7.99. The Morgan fingerprint density at radius 1 is 1.33 bits per heavy atom. The molecule has 0 saturated carbocycles. The molecule has 0 bridgehead atoms. The summed E-state index contributed by atoms with van der Waals surface area (Å²) in [5, 5.41) is 12.8. The van der Waals surface area contributed by atoms with E-state index in [1.165, 1.54) is 18.4 Å². The van der Waals surface area contributed by atoms with E-state index in [4.69, 9.17) is 0 Å². The van der Waals surface area contributed by atoms with Crippen molar-refractivity contribution in [3.63, 3.8) is 0 Å². The molecule has 0 fully saturated rings. The largest absolute Gasteiger partial charge is 0.392 e. The van der Waals surface area contributed by atoms with Crippen LogP contribution in [0, 0.1) is 11.8 Å². The Labute approximate surface area is 110 Å². The number of allylic oxidation sites excluding steroid dienone is 2. The summed E-state index contributed by atoms with van der Waals surface area (Å²) in [7, 11) is 0. The summed E-state index contributed by atoms with van der Waals surface area (Å²) in [4.78, 5) is 0. The van der Waals surface area contributed by atoms with Crippen molar-refractivity contribution in [1.82, 2.24) is 0 Å². The number of benzene rings is 1. The van der Waals surface area contributed by atoms with Gasteiger partial charge < -0.3 is 10.4 Å². The molecule has 0 amide bonds. The van der Waals surface area contributed by atoms with E-state index < -0.39 is 0 Å². The van der Waals surface area contributed by atoms with Crippen molar-refractivity contribution in [2.24, 2.45) is 11.8 Å². The van der Waals surface area contributed by atoms with Crippen molar-refractivity contribution in [3.05, 3.63) is 41.5 Å². The van der Waals surface area contributed by atoms with Gasteiger partial charge in [0.15, 0.2) is 0 Å². The van der Waals surface area contributed by atoms with E-state index in [9.17, 15) is 5.11 Å². The molecule has 2 heteroatoms. The third-order valence-electron chi connectivity index (χ3n) is 3.65. The van der Waals surface area contributed by atoms with Crippen molar-refractivity contribution in [2.45, 2.75) is 33.3 Å². The van der Waals surface area contributed by atoms with E-state index in [2.05, 4.69) is 25.2 Å². The van der Waals surface area contributed by atoms with Crippen LogP contribution in [0.25, 0.3) is 0 Å². The first-order chi connectivity index (χ1) is 8.69. The van der Waals surface area contributed by atoms with E-state index in [0.717, 1.165) is 17.8 Å². The van der Waals surface area contributed by atoms with Crippen molar-refractivity contribution >= 4 is 5.69 Å². The summed E-state index contributed by atoms with van der Waals surface area (Å²) in [6.07, 6.45) is 4.84. The Hall–Kier alpha value is -1.28. The molecule has 0 saturated heterocycles. The molecular formula is C16H23NO. The second kappa shape index (κ2) is 6.05. The Morgan fingerprint density at radius 3 is 2.83 bits per heavy atom. The van der Waals surface area contributed by atoms with Crippen molar-refractivity contribution in [2.75, 3.05) is 11.9 Å². The number of nitrogens with one attached hydrogen (secondary N) is 1. The zero-order valence-electron chi connectivity index (χ0n) is 11.3. The third-order valence-corrected chi connectivity index (χ3v) is 3.65. The number of aliphatic hydroxyl groups excluding tert-OH is 1. The second-order valence-corrected chi connectivity index (χ2v) is 5.49. The van der Waals surface area contributed by atoms with Crippen LogP contribution < -0.4 is 5.32 Å². The summed E-state index contributed by atoms with van der Waals surface area (Å²) in [5.41, 5.74) is 3.56. The van der Waals surface area contributed by atoms with Crippen LogP contribution in [-0.4, -0.2) is 11.7 Å². The zero-order valence-corrected chi connectivity index (χ0v) is 11.3. The summed E-state index contributed by atoms with van der Waals surface area (Å²) in [5.74, 6) is 1.40. The maximum Gasteiger partial charge on any atom is 0.0701 e. The second-order valence-electron chi connectivity index (χ2n) is 5.49. The highest BCUT2D eigenvalue weighted by Gasteiger charge is 2.17. The molecule has 2 atom stereocenters. The highest BCUT2D eigenvalue weighted by atomic mass is 16.3. The average Bonchev–Trinajstić information content (AvgIpc) is 2.35. The van der Waals surface area contributed by atoms with Crippen LogP contribution in [0.5, 0.6) is 0 Å². The van der Waals surface area contributed by atoms with Gasteiger partial charge in [-0.1, -0.05) is 36.8 Å². The normalized spacial score (nSPS) is 23.6. The van der Waals surface area contributed by atoms with Gasteiger partial charge in [0.1, 0.15) is 0 Å². The molecule has 1 aliphatic rings. The van der Waals surface area contributed by atoms with Crippen LogP contribution in [0.4, 0.5) is 5.69 Å². The maximum absolute atomic E-state index is 9.29. The first-order valence-electron chi connectivity index (χ1n) is 6.79. The first kappa shape index (κ1) is 13.2. The first-order valence-corrected chi connectivity index (χ1v) is 6.79. The molecule has 18 heavy (non-hydrogen) atoms. The standard InChI is InChI=1S/C16H23NO/c1-12-7-13(2)9-14(8-12)10-17-16-6-4-3-5-15(16)11-18/h3-7,12,14,17-18H,8-11H2,1-2H3. The molecule has 2 N–H and O–H groups in total. The summed E-state index contributed by atoms with van der Waals surface area (Å²) in [6.45, 7) is 5.61. The maximum atomic E-state index is 9.29. The van der Waals surface area contributed by atoms with Crippen LogP contribution in [0.3, 0.4) is 0 Å². The number of hydrogen-bond acceptors (Lipinski definition) is 2. The molecule has 0 heterocycles. The van der Waals surface area contributed by atoms with Gasteiger partial charge in [-0.25, -0.2) is 0 Å². The van der Waals surface area contributed by atoms with E-state index in [0.29, 0.717) is 11.8 Å². The minimum Gasteiger partial charge on any atom is -0.392 e. The number of rotatable bonds is 4. The SMILES string of the molecule is CC1=CC(C)CC(CNc2ccccc2CO)C1. The predicted molar refractivity (Wildman–Crippen MR) is 76.5 cm³/mol. The fourth-order valence-corrected chi connectivity index (χ4v) is 2.93. The van der Waals surface area contributed by atoms with Crippen molar-refractivity contribution < 1.29 is 5.11 Å². The van der Waals surface area contributed by atoms with Gasteiger partial charge in [-0.2, -0.15) is 0 Å². The quantitative estimate of drug-likeness (QED) is 0.795. The van der Waals surface area contributed by atoms with Gasteiger partial charge in [0, 0.05) is 17.8 Å². The van der Waals surface area contributed by atoms with Crippen LogP contribution in [0.2, 0.25) is 0 Å². The molecule has 98 valence electrons. The van der Waals surface area contributed by atoms with Gasteiger partial charge in [-0.15, -0.1) is 0 Å². The zero-order chi connectivity index (χ0) is 13.0. The molecule has 1 aromatic carbocycles. The molecular weight excluding hydrogens is 222 g/mol. The molecule has 0 spiro atoms. The summed E-state index contributed by atoms with van der Waals surface area (Å²) >= 11 is 0. The molecule has 2 nitrogen and oxygen atoms in total. The Balaban J connectivity index is 1.94. The monoisotopic (exact) mass is 245 g/mol. The smallest absolute Gasteiger partial charge is 0.0701 e. The highest BCUT2D eigenvalue weighted by molar-refractivity contribution is 5.50. The van der Waals surface area contributed by atoms with Crippen molar-refractivity contribution in [1.29, 1.82) is 0 Å². The number of hydrogen-bond donors (Lipinski definition) is 2.